The second-order valence-electron chi connectivity index (χ2n) is 12.9. The summed E-state index contributed by atoms with van der Waals surface area (Å²) in [6.45, 7) is 5.99. The summed E-state index contributed by atoms with van der Waals surface area (Å²) in [4.78, 5) is 37.0. The van der Waals surface area contributed by atoms with Gasteiger partial charge in [0, 0.05) is 63.8 Å². The third-order valence-electron chi connectivity index (χ3n) is 9.41. The summed E-state index contributed by atoms with van der Waals surface area (Å²) in [5.41, 5.74) is 7.16. The van der Waals surface area contributed by atoms with Crippen molar-refractivity contribution in [1.82, 2.24) is 24.8 Å². The van der Waals surface area contributed by atoms with Gasteiger partial charge in [-0.25, -0.2) is 4.98 Å². The molecule has 1 aliphatic rings. The number of piperidine rings is 1. The Morgan fingerprint density at radius 2 is 1.70 bits per heavy atom. The summed E-state index contributed by atoms with van der Waals surface area (Å²) in [6, 6.07) is 31.3. The number of likely N-dealkylation sites (tertiary alicyclic amines) is 1. The van der Waals surface area contributed by atoms with Crippen molar-refractivity contribution in [3.8, 4) is 22.5 Å². The minimum Gasteiger partial charge on any atom is -0.352 e. The molecule has 3 N–H and O–H groups in total. The van der Waals surface area contributed by atoms with E-state index in [1.165, 1.54) is 0 Å². The Kier molecular flexibility index (Phi) is 9.76. The second kappa shape index (κ2) is 14.5. The fourth-order valence-electron chi connectivity index (χ4n) is 7.01. The number of halogens is 2. The highest BCUT2D eigenvalue weighted by Crippen LogP contribution is 2.41. The van der Waals surface area contributed by atoms with Crippen LogP contribution in [0.15, 0.2) is 103 Å². The van der Waals surface area contributed by atoms with Crippen molar-refractivity contribution < 1.29 is 9.59 Å². The second-order valence-corrected chi connectivity index (χ2v) is 13.8. The van der Waals surface area contributed by atoms with E-state index in [2.05, 4.69) is 32.0 Å². The summed E-state index contributed by atoms with van der Waals surface area (Å²) in [7, 11) is 0. The van der Waals surface area contributed by atoms with Crippen molar-refractivity contribution in [3.05, 3.63) is 130 Å². The molecule has 1 unspecified atom stereocenters. The van der Waals surface area contributed by atoms with Crippen LogP contribution in [0.1, 0.15) is 54.3 Å². The standard InChI is InChI=1S/C40H38Cl2N6O2/c1-25(27-14-16-30(41)17-15-27)48-24-43-37(28-9-4-3-5-10-28)39(48)36-33-19-18-31(42)21-35(33)45-38(36)40(50)46-34-13-7-6-11-29(34)22-47-20-8-12-32(23-47)44-26(2)49/h3-7,9-11,13-19,21,24-25,32,45H,8,12,20,22-23H2,1-2H3,(H,44,49)(H,46,50)/t25?,32-/m0/s1. The van der Waals surface area contributed by atoms with Crippen LogP contribution in [0.2, 0.25) is 10.0 Å². The molecule has 3 heterocycles. The summed E-state index contributed by atoms with van der Waals surface area (Å²) in [5.74, 6) is -0.292. The number of rotatable bonds is 9. The van der Waals surface area contributed by atoms with Crippen molar-refractivity contribution in [1.29, 1.82) is 0 Å². The van der Waals surface area contributed by atoms with Gasteiger partial charge in [0.25, 0.3) is 5.91 Å². The molecule has 254 valence electrons. The van der Waals surface area contributed by atoms with Gasteiger partial charge in [0.05, 0.1) is 23.8 Å². The Morgan fingerprint density at radius 3 is 2.48 bits per heavy atom. The SMILES string of the molecule is CC(=O)N[C@H]1CCCN(Cc2ccccc2NC(=O)c2[nH]c3cc(Cl)ccc3c2-c2c(-c3ccccc3)ncn2C(C)c2ccc(Cl)cc2)C1. The van der Waals surface area contributed by atoms with Gasteiger partial charge >= 0.3 is 0 Å². The molecule has 2 atom stereocenters. The number of para-hydroxylation sites is 1. The first kappa shape index (κ1) is 33.6. The molecule has 7 rings (SSSR count). The Bertz CT molecular complexity index is 2160. The van der Waals surface area contributed by atoms with Crippen LogP contribution >= 0.6 is 23.2 Å². The average molecular weight is 706 g/mol. The lowest BCUT2D eigenvalue weighted by Gasteiger charge is -2.33. The maximum Gasteiger partial charge on any atom is 0.272 e. The van der Waals surface area contributed by atoms with E-state index in [9.17, 15) is 9.59 Å². The zero-order chi connectivity index (χ0) is 34.8. The first-order chi connectivity index (χ1) is 24.2. The third kappa shape index (κ3) is 7.05. The van der Waals surface area contributed by atoms with Crippen LogP contribution in [-0.2, 0) is 11.3 Å². The minimum atomic E-state index is -0.277. The molecule has 0 saturated carbocycles. The van der Waals surface area contributed by atoms with Crippen molar-refractivity contribution in [2.75, 3.05) is 18.4 Å². The molecular weight excluding hydrogens is 667 g/mol. The largest absolute Gasteiger partial charge is 0.352 e. The van der Waals surface area contributed by atoms with E-state index in [0.29, 0.717) is 22.3 Å². The molecule has 1 saturated heterocycles. The molecule has 10 heteroatoms. The third-order valence-corrected chi connectivity index (χ3v) is 9.89. The average Bonchev–Trinajstić information content (AvgIpc) is 3.71. The molecule has 0 radical (unpaired) electrons. The number of hydrogen-bond acceptors (Lipinski definition) is 4. The van der Waals surface area contributed by atoms with Crippen LogP contribution in [0.4, 0.5) is 5.69 Å². The number of hydrogen-bond donors (Lipinski definition) is 3. The number of nitrogens with zero attached hydrogens (tertiary/aromatic N) is 3. The lowest BCUT2D eigenvalue weighted by molar-refractivity contribution is -0.120. The highest BCUT2D eigenvalue weighted by Gasteiger charge is 2.28. The van der Waals surface area contributed by atoms with Gasteiger partial charge in [-0.2, -0.15) is 0 Å². The highest BCUT2D eigenvalue weighted by molar-refractivity contribution is 6.31. The van der Waals surface area contributed by atoms with Crippen molar-refractivity contribution in [2.45, 2.75) is 45.3 Å². The molecule has 2 amide bonds. The maximum absolute atomic E-state index is 14.6. The Morgan fingerprint density at radius 1 is 0.960 bits per heavy atom. The first-order valence-electron chi connectivity index (χ1n) is 16.8. The van der Waals surface area contributed by atoms with Gasteiger partial charge in [-0.05, 0) is 67.8 Å². The van der Waals surface area contributed by atoms with Gasteiger partial charge in [-0.3, -0.25) is 14.5 Å². The number of aromatic amines is 1. The van der Waals surface area contributed by atoms with E-state index in [-0.39, 0.29) is 23.9 Å². The van der Waals surface area contributed by atoms with Gasteiger partial charge in [-0.15, -0.1) is 0 Å². The number of benzene rings is 4. The monoisotopic (exact) mass is 704 g/mol. The lowest BCUT2D eigenvalue weighted by atomic mass is 9.99. The van der Waals surface area contributed by atoms with Crippen LogP contribution in [0.25, 0.3) is 33.4 Å². The molecule has 0 aliphatic carbocycles. The maximum atomic E-state index is 14.6. The molecule has 8 nitrogen and oxygen atoms in total. The predicted octanol–water partition coefficient (Wildman–Crippen LogP) is 8.97. The van der Waals surface area contributed by atoms with E-state index in [1.54, 1.807) is 6.92 Å². The first-order valence-corrected chi connectivity index (χ1v) is 17.6. The molecule has 1 fully saturated rings. The highest BCUT2D eigenvalue weighted by atomic mass is 35.5. The smallest absolute Gasteiger partial charge is 0.272 e. The number of anilines is 1. The minimum absolute atomic E-state index is 0.0146. The number of carbonyl (C=O) groups excluding carboxylic acids is 2. The molecule has 0 spiro atoms. The number of nitrogens with one attached hydrogen (secondary N) is 3. The van der Waals surface area contributed by atoms with Gasteiger partial charge in [-0.1, -0.05) is 89.9 Å². The molecule has 0 bridgehead atoms. The molecule has 4 aromatic carbocycles. The quantitative estimate of drug-likeness (QED) is 0.140. The lowest BCUT2D eigenvalue weighted by Crippen LogP contribution is -2.46. The molecule has 2 aromatic heterocycles. The Hall–Kier alpha value is -4.89. The molecule has 6 aromatic rings. The van der Waals surface area contributed by atoms with Gasteiger partial charge in [0.1, 0.15) is 5.69 Å². The number of fused-ring (bicyclic) bond motifs is 1. The van der Waals surface area contributed by atoms with Crippen molar-refractivity contribution in [2.24, 2.45) is 0 Å². The number of amides is 2. The normalized spacial score (nSPS) is 15.6. The van der Waals surface area contributed by atoms with Crippen molar-refractivity contribution in [3.63, 3.8) is 0 Å². The topological polar surface area (TPSA) is 95.1 Å². The zero-order valence-corrected chi connectivity index (χ0v) is 29.4. The summed E-state index contributed by atoms with van der Waals surface area (Å²) < 4.78 is 2.12. The van der Waals surface area contributed by atoms with Crippen LogP contribution < -0.4 is 10.6 Å². The number of aromatic nitrogens is 3. The Balaban J connectivity index is 1.31. The molecular formula is C40H38Cl2N6O2. The molecule has 50 heavy (non-hydrogen) atoms. The van der Waals surface area contributed by atoms with Gasteiger partial charge < -0.3 is 20.2 Å². The summed E-state index contributed by atoms with van der Waals surface area (Å²) in [5, 5.41) is 8.39. The van der Waals surface area contributed by atoms with E-state index in [0.717, 1.165) is 76.2 Å². The zero-order valence-electron chi connectivity index (χ0n) is 27.9. The van der Waals surface area contributed by atoms with Crippen molar-refractivity contribution >= 4 is 51.6 Å². The van der Waals surface area contributed by atoms with E-state index in [4.69, 9.17) is 28.2 Å². The Labute approximate surface area is 301 Å². The summed E-state index contributed by atoms with van der Waals surface area (Å²) in [6.07, 6.45) is 3.79. The fraction of sp³-hybridized carbons (Fsp3) is 0.225. The van der Waals surface area contributed by atoms with E-state index < -0.39 is 0 Å². The summed E-state index contributed by atoms with van der Waals surface area (Å²) >= 11 is 12.7. The van der Waals surface area contributed by atoms with Crippen LogP contribution in [-0.4, -0.2) is 50.4 Å². The number of imidazole rings is 1. The number of carbonyl (C=O) groups is 2. The van der Waals surface area contributed by atoms with Crippen LogP contribution in [0, 0.1) is 0 Å². The van der Waals surface area contributed by atoms with E-state index in [1.807, 2.05) is 103 Å². The van der Waals surface area contributed by atoms with Gasteiger partial charge in [0.2, 0.25) is 5.91 Å². The fourth-order valence-corrected chi connectivity index (χ4v) is 7.31. The van der Waals surface area contributed by atoms with Crippen LogP contribution in [0.5, 0.6) is 0 Å². The predicted molar refractivity (Wildman–Crippen MR) is 202 cm³/mol. The van der Waals surface area contributed by atoms with E-state index >= 15 is 0 Å². The number of H-pyrrole nitrogens is 1. The molecule has 1 aliphatic heterocycles. The van der Waals surface area contributed by atoms with Gasteiger partial charge in [0.15, 0.2) is 0 Å². The van der Waals surface area contributed by atoms with Crippen LogP contribution in [0.3, 0.4) is 0 Å².